The van der Waals surface area contributed by atoms with Gasteiger partial charge in [-0.1, -0.05) is 54.9 Å². The predicted octanol–water partition coefficient (Wildman–Crippen LogP) is 5.13. The largest absolute Gasteiger partial charge is 0.0683 e. The number of hydrogen-bond acceptors (Lipinski definition) is 0. The molecule has 0 nitrogen and oxygen atoms in total. The molecule has 0 spiro atoms. The monoisotopic (exact) mass is 198 g/mol. The summed E-state index contributed by atoms with van der Waals surface area (Å²) in [7, 11) is 0. The van der Waals surface area contributed by atoms with Gasteiger partial charge in [-0.05, 0) is 36.0 Å². The van der Waals surface area contributed by atoms with Gasteiger partial charge in [0.1, 0.15) is 0 Å². The molecule has 3 aliphatic carbocycles. The van der Waals surface area contributed by atoms with Gasteiger partial charge in [0.15, 0.2) is 0 Å². The molecule has 0 heteroatoms. The summed E-state index contributed by atoms with van der Waals surface area (Å²) in [5, 5.41) is 0. The SMILES string of the molecule is CC.CC.C[C@H]1CC[C@@H]2C[C@H]1C2(C)C. The van der Waals surface area contributed by atoms with E-state index in [9.17, 15) is 0 Å². The maximum atomic E-state index is 2.46. The molecule has 3 fully saturated rings. The topological polar surface area (TPSA) is 0 Å². The molecule has 0 unspecified atom stereocenters. The second-order valence-corrected chi connectivity index (χ2v) is 4.92. The van der Waals surface area contributed by atoms with Gasteiger partial charge in [-0.25, -0.2) is 0 Å². The lowest BCUT2D eigenvalue weighted by Crippen LogP contribution is -2.51. The second kappa shape index (κ2) is 5.78. The lowest BCUT2D eigenvalue weighted by atomic mass is 9.46. The van der Waals surface area contributed by atoms with Crippen molar-refractivity contribution in [2.24, 2.45) is 23.2 Å². The van der Waals surface area contributed by atoms with Gasteiger partial charge >= 0.3 is 0 Å². The molecule has 3 aliphatic rings. The van der Waals surface area contributed by atoms with Crippen LogP contribution in [0.25, 0.3) is 0 Å². The van der Waals surface area contributed by atoms with Crippen molar-refractivity contribution in [3.8, 4) is 0 Å². The Morgan fingerprint density at radius 3 is 1.64 bits per heavy atom. The molecule has 0 heterocycles. The first-order chi connectivity index (χ1) is 6.62. The summed E-state index contributed by atoms with van der Waals surface area (Å²) in [5.41, 5.74) is 0.706. The molecule has 0 aromatic carbocycles. The Morgan fingerprint density at radius 1 is 0.929 bits per heavy atom. The van der Waals surface area contributed by atoms with Gasteiger partial charge in [-0.15, -0.1) is 0 Å². The zero-order chi connectivity index (χ0) is 11.4. The van der Waals surface area contributed by atoms with Crippen LogP contribution in [0.1, 0.15) is 67.7 Å². The van der Waals surface area contributed by atoms with Gasteiger partial charge in [0.25, 0.3) is 0 Å². The maximum Gasteiger partial charge on any atom is -0.0295 e. The molecule has 0 aromatic heterocycles. The van der Waals surface area contributed by atoms with Crippen LogP contribution in [0.3, 0.4) is 0 Å². The Hall–Kier alpha value is 0. The highest BCUT2D eigenvalue weighted by atomic mass is 14.6. The molecular weight excluding hydrogens is 168 g/mol. The Labute approximate surface area is 91.5 Å². The van der Waals surface area contributed by atoms with Crippen LogP contribution >= 0.6 is 0 Å². The van der Waals surface area contributed by atoms with E-state index >= 15 is 0 Å². The van der Waals surface area contributed by atoms with Crippen LogP contribution < -0.4 is 0 Å². The Morgan fingerprint density at radius 2 is 1.43 bits per heavy atom. The van der Waals surface area contributed by atoms with Crippen LogP contribution in [0.4, 0.5) is 0 Å². The zero-order valence-corrected chi connectivity index (χ0v) is 11.4. The summed E-state index contributed by atoms with van der Waals surface area (Å²) in [5.74, 6) is 3.15. The lowest BCUT2D eigenvalue weighted by molar-refractivity contribution is -0.0988. The van der Waals surface area contributed by atoms with Crippen molar-refractivity contribution in [1.82, 2.24) is 0 Å². The summed E-state index contributed by atoms with van der Waals surface area (Å²) < 4.78 is 0. The number of hydrogen-bond donors (Lipinski definition) is 0. The summed E-state index contributed by atoms with van der Waals surface area (Å²) in [6.45, 7) is 15.4. The molecule has 0 radical (unpaired) electrons. The third-order valence-corrected chi connectivity index (χ3v) is 4.20. The number of rotatable bonds is 0. The fourth-order valence-corrected chi connectivity index (χ4v) is 3.18. The smallest absolute Gasteiger partial charge is 0.0295 e. The summed E-state index contributed by atoms with van der Waals surface area (Å²) in [6, 6.07) is 0. The van der Waals surface area contributed by atoms with E-state index in [4.69, 9.17) is 0 Å². The molecule has 0 amide bonds. The summed E-state index contributed by atoms with van der Waals surface area (Å²) >= 11 is 0. The molecule has 0 aromatic rings. The minimum Gasteiger partial charge on any atom is -0.0683 e. The van der Waals surface area contributed by atoms with Crippen LogP contribution in [0.5, 0.6) is 0 Å². The van der Waals surface area contributed by atoms with Crippen LogP contribution in [-0.4, -0.2) is 0 Å². The van der Waals surface area contributed by atoms with Crippen molar-refractivity contribution < 1.29 is 0 Å². The lowest BCUT2D eigenvalue weighted by Gasteiger charge is -2.59. The minimum absolute atomic E-state index is 0.706. The molecule has 0 N–H and O–H groups in total. The first kappa shape index (κ1) is 14.0. The molecule has 14 heavy (non-hydrogen) atoms. The molecule has 2 bridgehead atoms. The highest BCUT2D eigenvalue weighted by Gasteiger charge is 2.52. The van der Waals surface area contributed by atoms with Crippen molar-refractivity contribution in [3.63, 3.8) is 0 Å². The highest BCUT2D eigenvalue weighted by Crippen LogP contribution is 2.61. The van der Waals surface area contributed by atoms with Crippen molar-refractivity contribution in [2.75, 3.05) is 0 Å². The predicted molar refractivity (Wildman–Crippen MR) is 66.5 cm³/mol. The van der Waals surface area contributed by atoms with Crippen LogP contribution in [0.15, 0.2) is 0 Å². The molecule has 3 saturated carbocycles. The normalized spacial score (nSPS) is 36.6. The van der Waals surface area contributed by atoms with Crippen LogP contribution in [-0.2, 0) is 0 Å². The second-order valence-electron chi connectivity index (χ2n) is 4.92. The van der Waals surface area contributed by atoms with Gasteiger partial charge in [-0.2, -0.15) is 0 Å². The fraction of sp³-hybridized carbons (Fsp3) is 1.00. The van der Waals surface area contributed by atoms with E-state index in [0.717, 1.165) is 17.8 Å². The zero-order valence-electron chi connectivity index (χ0n) is 11.4. The van der Waals surface area contributed by atoms with Crippen LogP contribution in [0.2, 0.25) is 0 Å². The van der Waals surface area contributed by atoms with Gasteiger partial charge < -0.3 is 0 Å². The van der Waals surface area contributed by atoms with Crippen molar-refractivity contribution in [1.29, 1.82) is 0 Å². The Balaban J connectivity index is 0.000000379. The standard InChI is InChI=1S/C10H18.2C2H6/c1-7-4-5-8-6-9(7)10(8,2)3;2*1-2/h7-9H,4-6H2,1-3H3;2*1-2H3/t7-,8+,9+;;/m0../s1. The molecule has 0 saturated heterocycles. The third kappa shape index (κ3) is 2.32. The van der Waals surface area contributed by atoms with Crippen LogP contribution in [0, 0.1) is 23.2 Å². The highest BCUT2D eigenvalue weighted by molar-refractivity contribution is 5.01. The first-order valence-electron chi connectivity index (χ1n) is 6.62. The van der Waals surface area contributed by atoms with Gasteiger partial charge in [0.05, 0.1) is 0 Å². The van der Waals surface area contributed by atoms with E-state index in [1.165, 1.54) is 19.3 Å². The first-order valence-corrected chi connectivity index (χ1v) is 6.62. The Bertz CT molecular complexity index is 144. The average Bonchev–Trinajstić information content (AvgIpc) is 2.23. The van der Waals surface area contributed by atoms with E-state index in [1.54, 1.807) is 0 Å². The summed E-state index contributed by atoms with van der Waals surface area (Å²) in [6.07, 6.45) is 4.54. The average molecular weight is 198 g/mol. The van der Waals surface area contributed by atoms with Crippen molar-refractivity contribution in [3.05, 3.63) is 0 Å². The quantitative estimate of drug-likeness (QED) is 0.506. The molecule has 3 rings (SSSR count). The van der Waals surface area contributed by atoms with Gasteiger partial charge in [-0.3, -0.25) is 0 Å². The van der Waals surface area contributed by atoms with E-state index < -0.39 is 0 Å². The van der Waals surface area contributed by atoms with E-state index in [0.29, 0.717) is 5.41 Å². The van der Waals surface area contributed by atoms with Gasteiger partial charge in [0.2, 0.25) is 0 Å². The van der Waals surface area contributed by atoms with E-state index in [-0.39, 0.29) is 0 Å². The minimum atomic E-state index is 0.706. The van der Waals surface area contributed by atoms with Crippen molar-refractivity contribution >= 4 is 0 Å². The Kier molecular flexibility index (Phi) is 5.78. The van der Waals surface area contributed by atoms with Crippen molar-refractivity contribution in [2.45, 2.75) is 67.7 Å². The van der Waals surface area contributed by atoms with E-state index in [2.05, 4.69) is 20.8 Å². The maximum absolute atomic E-state index is 2.46. The molecule has 3 atom stereocenters. The molecular formula is C14H30. The number of fused-ring (bicyclic) bond motifs is 2. The van der Waals surface area contributed by atoms with E-state index in [1.807, 2.05) is 27.7 Å². The third-order valence-electron chi connectivity index (χ3n) is 4.20. The van der Waals surface area contributed by atoms with Gasteiger partial charge in [0, 0.05) is 0 Å². The molecule has 86 valence electrons. The molecule has 0 aliphatic heterocycles. The summed E-state index contributed by atoms with van der Waals surface area (Å²) in [4.78, 5) is 0. The fourth-order valence-electron chi connectivity index (χ4n) is 3.18.